The van der Waals surface area contributed by atoms with Gasteiger partial charge in [-0.2, -0.15) is 0 Å². The summed E-state index contributed by atoms with van der Waals surface area (Å²) in [7, 11) is 0. The third kappa shape index (κ3) is 4.82. The van der Waals surface area contributed by atoms with E-state index in [-0.39, 0.29) is 5.92 Å². The maximum atomic E-state index is 10.5. The number of carbonyl (C=O) groups is 1. The molecule has 0 aliphatic rings. The van der Waals surface area contributed by atoms with Gasteiger partial charge in [-0.25, -0.2) is 0 Å². The van der Waals surface area contributed by atoms with Crippen molar-refractivity contribution >= 4 is 5.97 Å². The minimum atomic E-state index is -0.888. The first-order valence-corrected chi connectivity index (χ1v) is 4.28. The zero-order valence-corrected chi connectivity index (χ0v) is 7.59. The predicted octanol–water partition coefficient (Wildman–Crippen LogP) is 1.20. The Morgan fingerprint density at radius 1 is 1.45 bits per heavy atom. The van der Waals surface area contributed by atoms with Gasteiger partial charge in [-0.15, -0.1) is 0 Å². The van der Waals surface area contributed by atoms with Crippen LogP contribution in [0.15, 0.2) is 0 Å². The van der Waals surface area contributed by atoms with Gasteiger partial charge in [0.25, 0.3) is 0 Å². The van der Waals surface area contributed by atoms with E-state index in [1.165, 1.54) is 0 Å². The highest BCUT2D eigenvalue weighted by atomic mass is 16.4. The molecule has 0 N–H and O–H groups in total. The van der Waals surface area contributed by atoms with Crippen molar-refractivity contribution < 1.29 is 9.90 Å². The van der Waals surface area contributed by atoms with Gasteiger partial charge in [0.2, 0.25) is 0 Å². The van der Waals surface area contributed by atoms with Crippen molar-refractivity contribution in [1.82, 2.24) is 0 Å². The van der Waals surface area contributed by atoms with E-state index in [4.69, 9.17) is 0 Å². The van der Waals surface area contributed by atoms with Gasteiger partial charge in [-0.1, -0.05) is 27.2 Å². The van der Waals surface area contributed by atoms with Crippen LogP contribution in [0.25, 0.3) is 0 Å². The van der Waals surface area contributed by atoms with Crippen molar-refractivity contribution in [2.75, 3.05) is 0 Å². The first-order valence-electron chi connectivity index (χ1n) is 4.28. The molecular formula is C9H17O2-. The monoisotopic (exact) mass is 157 g/mol. The smallest absolute Gasteiger partial charge is 0.0445 e. The average Bonchev–Trinajstić information content (AvgIpc) is 1.86. The number of carboxylic acid groups (broad SMARTS) is 1. The molecule has 0 amide bonds. The lowest BCUT2D eigenvalue weighted by atomic mass is 9.93. The van der Waals surface area contributed by atoms with Crippen LogP contribution in [0.1, 0.15) is 40.0 Å². The van der Waals surface area contributed by atoms with Crippen molar-refractivity contribution in [1.29, 1.82) is 0 Å². The third-order valence-electron chi connectivity index (χ3n) is 1.73. The highest BCUT2D eigenvalue weighted by Gasteiger charge is 2.10. The van der Waals surface area contributed by atoms with Gasteiger partial charge >= 0.3 is 0 Å². The van der Waals surface area contributed by atoms with Gasteiger partial charge in [0.15, 0.2) is 0 Å². The van der Waals surface area contributed by atoms with E-state index >= 15 is 0 Å². The van der Waals surface area contributed by atoms with E-state index in [0.717, 1.165) is 19.3 Å². The Kier molecular flexibility index (Phi) is 4.92. The Labute approximate surface area is 68.6 Å². The highest BCUT2D eigenvalue weighted by Crippen LogP contribution is 2.15. The van der Waals surface area contributed by atoms with E-state index < -0.39 is 5.97 Å². The highest BCUT2D eigenvalue weighted by molar-refractivity contribution is 5.67. The van der Waals surface area contributed by atoms with E-state index in [9.17, 15) is 9.90 Å². The standard InChI is InChI=1S/C9H18O2/c1-4-5-8(9(10)11)6-7(2)3/h7-8H,4-6H2,1-3H3,(H,10,11)/p-1. The summed E-state index contributed by atoms with van der Waals surface area (Å²) in [6.45, 7) is 6.06. The second-order valence-corrected chi connectivity index (χ2v) is 3.43. The second kappa shape index (κ2) is 5.16. The van der Waals surface area contributed by atoms with E-state index in [2.05, 4.69) is 0 Å². The molecule has 0 bridgehead atoms. The Morgan fingerprint density at radius 3 is 2.27 bits per heavy atom. The number of carbonyl (C=O) groups excluding carboxylic acids is 1. The Morgan fingerprint density at radius 2 is 2.00 bits per heavy atom. The molecule has 0 aromatic carbocycles. The molecule has 0 saturated carbocycles. The zero-order chi connectivity index (χ0) is 8.85. The summed E-state index contributed by atoms with van der Waals surface area (Å²) in [5.41, 5.74) is 0. The molecule has 2 heteroatoms. The largest absolute Gasteiger partial charge is 0.550 e. The number of hydrogen-bond donors (Lipinski definition) is 0. The first-order chi connectivity index (χ1) is 5.07. The number of carboxylic acids is 1. The summed E-state index contributed by atoms with van der Waals surface area (Å²) in [6.07, 6.45) is 2.42. The molecule has 0 fully saturated rings. The summed E-state index contributed by atoms with van der Waals surface area (Å²) in [4.78, 5) is 10.5. The SMILES string of the molecule is CCCC(CC(C)C)C(=O)[O-]. The molecule has 0 spiro atoms. The van der Waals surface area contributed by atoms with E-state index in [1.54, 1.807) is 0 Å². The van der Waals surface area contributed by atoms with Crippen molar-refractivity contribution in [2.45, 2.75) is 40.0 Å². The van der Waals surface area contributed by atoms with Gasteiger partial charge in [0.1, 0.15) is 0 Å². The van der Waals surface area contributed by atoms with E-state index in [1.807, 2.05) is 20.8 Å². The van der Waals surface area contributed by atoms with Crippen LogP contribution in [0.4, 0.5) is 0 Å². The molecule has 0 aliphatic heterocycles. The van der Waals surface area contributed by atoms with Crippen LogP contribution in [0, 0.1) is 11.8 Å². The van der Waals surface area contributed by atoms with Gasteiger partial charge in [-0.05, 0) is 24.7 Å². The fourth-order valence-electron chi connectivity index (χ4n) is 1.25. The molecule has 0 aromatic heterocycles. The Hall–Kier alpha value is -0.530. The van der Waals surface area contributed by atoms with Gasteiger partial charge in [-0.3, -0.25) is 0 Å². The fourth-order valence-corrected chi connectivity index (χ4v) is 1.25. The lowest BCUT2D eigenvalue weighted by Gasteiger charge is -2.18. The number of rotatable bonds is 5. The summed E-state index contributed by atoms with van der Waals surface area (Å²) in [6, 6.07) is 0. The van der Waals surface area contributed by atoms with Crippen LogP contribution >= 0.6 is 0 Å². The van der Waals surface area contributed by atoms with Gasteiger partial charge < -0.3 is 9.90 Å². The van der Waals surface area contributed by atoms with Crippen molar-refractivity contribution in [3.05, 3.63) is 0 Å². The van der Waals surface area contributed by atoms with Gasteiger partial charge in [0, 0.05) is 5.97 Å². The Bertz CT molecular complexity index is 119. The normalized spacial score (nSPS) is 13.5. The van der Waals surface area contributed by atoms with Crippen LogP contribution in [0.5, 0.6) is 0 Å². The molecular weight excluding hydrogens is 140 g/mol. The molecule has 0 heterocycles. The van der Waals surface area contributed by atoms with Crippen molar-refractivity contribution in [3.63, 3.8) is 0 Å². The molecule has 1 atom stereocenters. The molecule has 0 aromatic rings. The second-order valence-electron chi connectivity index (χ2n) is 3.43. The maximum absolute atomic E-state index is 10.5. The summed E-state index contributed by atoms with van der Waals surface area (Å²) in [5, 5.41) is 10.5. The molecule has 1 unspecified atom stereocenters. The van der Waals surface area contributed by atoms with Crippen LogP contribution in [0.2, 0.25) is 0 Å². The van der Waals surface area contributed by atoms with Crippen molar-refractivity contribution in [2.24, 2.45) is 11.8 Å². The lowest BCUT2D eigenvalue weighted by Crippen LogP contribution is -2.32. The maximum Gasteiger partial charge on any atom is 0.0445 e. The zero-order valence-electron chi connectivity index (χ0n) is 7.59. The quantitative estimate of drug-likeness (QED) is 0.601. The molecule has 0 radical (unpaired) electrons. The third-order valence-corrected chi connectivity index (χ3v) is 1.73. The molecule has 2 nitrogen and oxygen atoms in total. The number of aliphatic carboxylic acids is 1. The molecule has 0 rings (SSSR count). The summed E-state index contributed by atoms with van der Waals surface area (Å²) in [5.74, 6) is -0.676. The predicted molar refractivity (Wildman–Crippen MR) is 42.9 cm³/mol. The fraction of sp³-hybridized carbons (Fsp3) is 0.889. The van der Waals surface area contributed by atoms with Crippen LogP contribution < -0.4 is 5.11 Å². The van der Waals surface area contributed by atoms with Crippen molar-refractivity contribution in [3.8, 4) is 0 Å². The van der Waals surface area contributed by atoms with Crippen LogP contribution in [0.3, 0.4) is 0 Å². The molecule has 0 saturated heterocycles. The first kappa shape index (κ1) is 10.5. The van der Waals surface area contributed by atoms with Gasteiger partial charge in [0.05, 0.1) is 0 Å². The molecule has 66 valence electrons. The summed E-state index contributed by atoms with van der Waals surface area (Å²) >= 11 is 0. The topological polar surface area (TPSA) is 40.1 Å². The summed E-state index contributed by atoms with van der Waals surface area (Å²) < 4.78 is 0. The lowest BCUT2D eigenvalue weighted by molar-refractivity contribution is -0.312. The minimum absolute atomic E-state index is 0.236. The Balaban J connectivity index is 3.79. The number of hydrogen-bond acceptors (Lipinski definition) is 2. The van der Waals surface area contributed by atoms with E-state index in [0.29, 0.717) is 5.92 Å². The average molecular weight is 157 g/mol. The van der Waals surface area contributed by atoms with Crippen LogP contribution in [-0.2, 0) is 4.79 Å². The molecule has 0 aliphatic carbocycles. The van der Waals surface area contributed by atoms with Crippen LogP contribution in [-0.4, -0.2) is 5.97 Å². The minimum Gasteiger partial charge on any atom is -0.550 e. The molecule has 11 heavy (non-hydrogen) atoms.